The van der Waals surface area contributed by atoms with Gasteiger partial charge in [-0.3, -0.25) is 0 Å². The van der Waals surface area contributed by atoms with Gasteiger partial charge in [0.2, 0.25) is 0 Å². The third kappa shape index (κ3) is 3.67. The highest BCUT2D eigenvalue weighted by Crippen LogP contribution is 2.30. The Labute approximate surface area is 155 Å². The molecule has 26 heavy (non-hydrogen) atoms. The van der Waals surface area contributed by atoms with Crippen LogP contribution in [0.1, 0.15) is 25.8 Å². The van der Waals surface area contributed by atoms with Gasteiger partial charge in [-0.2, -0.15) is 0 Å². The number of ether oxygens (including phenoxy) is 1. The molecular formula is C23H26N2O. The molecule has 0 bridgehead atoms. The van der Waals surface area contributed by atoms with E-state index in [-0.39, 0.29) is 0 Å². The molecule has 1 saturated heterocycles. The molecule has 3 nitrogen and oxygen atoms in total. The Morgan fingerprint density at radius 1 is 0.923 bits per heavy atom. The van der Waals surface area contributed by atoms with Gasteiger partial charge in [0.05, 0.1) is 0 Å². The van der Waals surface area contributed by atoms with Crippen molar-refractivity contribution in [2.45, 2.75) is 26.9 Å². The van der Waals surface area contributed by atoms with E-state index in [0.717, 1.165) is 35.6 Å². The summed E-state index contributed by atoms with van der Waals surface area (Å²) in [7, 11) is 0. The molecule has 1 aromatic heterocycles. The zero-order chi connectivity index (χ0) is 17.9. The number of aromatic nitrogens is 1. The van der Waals surface area contributed by atoms with Crippen molar-refractivity contribution < 1.29 is 4.74 Å². The van der Waals surface area contributed by atoms with E-state index < -0.39 is 0 Å². The van der Waals surface area contributed by atoms with Gasteiger partial charge in [0.15, 0.2) is 0 Å². The molecule has 2 heterocycles. The molecule has 2 aromatic carbocycles. The van der Waals surface area contributed by atoms with Crippen molar-refractivity contribution >= 4 is 16.7 Å². The normalized spacial score (nSPS) is 20.3. The van der Waals surface area contributed by atoms with Crippen molar-refractivity contribution in [2.75, 3.05) is 18.0 Å². The molecule has 2 unspecified atom stereocenters. The molecule has 0 N–H and O–H groups in total. The fraction of sp³-hybridized carbons (Fsp3) is 0.348. The standard InChI is InChI=1S/C23H26N2O/c1-17-13-18(2)15-25(14-17)22-12-11-20-9-6-10-21(23(20)24-22)26-16-19-7-4-3-5-8-19/h3-12,17-18H,13-16H2,1-2H3. The Morgan fingerprint density at radius 3 is 2.46 bits per heavy atom. The Kier molecular flexibility index (Phi) is 4.79. The molecular weight excluding hydrogens is 320 g/mol. The summed E-state index contributed by atoms with van der Waals surface area (Å²) in [5, 5.41) is 1.12. The summed E-state index contributed by atoms with van der Waals surface area (Å²) in [6.45, 7) is 7.38. The second-order valence-electron chi connectivity index (χ2n) is 7.62. The van der Waals surface area contributed by atoms with Crippen LogP contribution in [0.4, 0.5) is 5.82 Å². The second kappa shape index (κ2) is 7.36. The fourth-order valence-corrected chi connectivity index (χ4v) is 3.99. The highest BCUT2D eigenvalue weighted by Gasteiger charge is 2.23. The molecule has 3 aromatic rings. The van der Waals surface area contributed by atoms with Crippen molar-refractivity contribution in [3.8, 4) is 5.75 Å². The zero-order valence-corrected chi connectivity index (χ0v) is 15.6. The minimum atomic E-state index is 0.559. The maximum Gasteiger partial charge on any atom is 0.146 e. The van der Waals surface area contributed by atoms with Gasteiger partial charge < -0.3 is 9.64 Å². The first-order valence-corrected chi connectivity index (χ1v) is 9.50. The number of anilines is 1. The maximum absolute atomic E-state index is 6.11. The van der Waals surface area contributed by atoms with Crippen molar-refractivity contribution in [3.05, 3.63) is 66.2 Å². The van der Waals surface area contributed by atoms with Crippen molar-refractivity contribution in [1.82, 2.24) is 4.98 Å². The number of piperidine rings is 1. The highest BCUT2D eigenvalue weighted by molar-refractivity contribution is 5.86. The quantitative estimate of drug-likeness (QED) is 0.641. The molecule has 0 radical (unpaired) electrons. The van der Waals surface area contributed by atoms with Crippen LogP contribution in [0.5, 0.6) is 5.75 Å². The molecule has 1 aliphatic heterocycles. The monoisotopic (exact) mass is 346 g/mol. The minimum Gasteiger partial charge on any atom is -0.487 e. The van der Waals surface area contributed by atoms with Gasteiger partial charge in [0.1, 0.15) is 23.7 Å². The lowest BCUT2D eigenvalue weighted by atomic mass is 9.92. The van der Waals surface area contributed by atoms with Gasteiger partial charge >= 0.3 is 0 Å². The molecule has 0 saturated carbocycles. The third-order valence-corrected chi connectivity index (χ3v) is 5.10. The first-order valence-electron chi connectivity index (χ1n) is 9.50. The van der Waals surface area contributed by atoms with E-state index in [0.29, 0.717) is 18.4 Å². The summed E-state index contributed by atoms with van der Waals surface area (Å²) < 4.78 is 6.11. The average Bonchev–Trinajstić information content (AvgIpc) is 2.66. The van der Waals surface area contributed by atoms with E-state index in [2.05, 4.69) is 49.1 Å². The van der Waals surface area contributed by atoms with Gasteiger partial charge in [0, 0.05) is 18.5 Å². The lowest BCUT2D eigenvalue weighted by Crippen LogP contribution is -2.39. The van der Waals surface area contributed by atoms with Gasteiger partial charge in [-0.05, 0) is 42.0 Å². The van der Waals surface area contributed by atoms with Gasteiger partial charge in [0.25, 0.3) is 0 Å². The van der Waals surface area contributed by atoms with Gasteiger partial charge in [-0.15, -0.1) is 0 Å². The first kappa shape index (κ1) is 16.9. The summed E-state index contributed by atoms with van der Waals surface area (Å²) in [5.41, 5.74) is 2.12. The minimum absolute atomic E-state index is 0.559. The molecule has 2 atom stereocenters. The van der Waals surface area contributed by atoms with Gasteiger partial charge in [-0.1, -0.05) is 56.3 Å². The topological polar surface area (TPSA) is 25.4 Å². The smallest absolute Gasteiger partial charge is 0.146 e. The van der Waals surface area contributed by atoms with Crippen LogP contribution in [-0.2, 0) is 6.61 Å². The number of hydrogen-bond donors (Lipinski definition) is 0. The van der Waals surface area contributed by atoms with Crippen LogP contribution in [0, 0.1) is 11.8 Å². The third-order valence-electron chi connectivity index (χ3n) is 5.10. The highest BCUT2D eigenvalue weighted by atomic mass is 16.5. The van der Waals surface area contributed by atoms with Crippen molar-refractivity contribution in [3.63, 3.8) is 0 Å². The Balaban J connectivity index is 1.62. The molecule has 1 fully saturated rings. The summed E-state index contributed by atoms with van der Waals surface area (Å²) in [6.07, 6.45) is 1.30. The maximum atomic E-state index is 6.11. The number of fused-ring (bicyclic) bond motifs is 1. The Morgan fingerprint density at radius 2 is 1.69 bits per heavy atom. The number of rotatable bonds is 4. The lowest BCUT2D eigenvalue weighted by Gasteiger charge is -2.35. The summed E-state index contributed by atoms with van der Waals surface area (Å²) in [5.74, 6) is 3.33. The number of pyridine rings is 1. The lowest BCUT2D eigenvalue weighted by molar-refractivity contribution is 0.309. The predicted octanol–water partition coefficient (Wildman–Crippen LogP) is 5.30. The Hall–Kier alpha value is -2.55. The van der Waals surface area contributed by atoms with E-state index in [1.165, 1.54) is 12.0 Å². The van der Waals surface area contributed by atoms with Crippen LogP contribution in [-0.4, -0.2) is 18.1 Å². The predicted molar refractivity (Wildman–Crippen MR) is 108 cm³/mol. The second-order valence-corrected chi connectivity index (χ2v) is 7.62. The molecule has 3 heteroatoms. The molecule has 0 amide bonds. The molecule has 1 aliphatic rings. The van der Waals surface area contributed by atoms with E-state index in [4.69, 9.17) is 9.72 Å². The van der Waals surface area contributed by atoms with Crippen LogP contribution in [0.15, 0.2) is 60.7 Å². The van der Waals surface area contributed by atoms with Gasteiger partial charge in [-0.25, -0.2) is 4.98 Å². The first-order chi connectivity index (χ1) is 12.7. The number of nitrogens with zero attached hydrogens (tertiary/aromatic N) is 2. The molecule has 134 valence electrons. The van der Waals surface area contributed by atoms with E-state index in [9.17, 15) is 0 Å². The Bertz CT molecular complexity index is 868. The van der Waals surface area contributed by atoms with Crippen LogP contribution in [0.3, 0.4) is 0 Å². The molecule has 0 aliphatic carbocycles. The van der Waals surface area contributed by atoms with Crippen LogP contribution < -0.4 is 9.64 Å². The van der Waals surface area contributed by atoms with Crippen molar-refractivity contribution in [1.29, 1.82) is 0 Å². The SMILES string of the molecule is CC1CC(C)CN(c2ccc3cccc(OCc4ccccc4)c3n2)C1. The zero-order valence-electron chi connectivity index (χ0n) is 15.6. The average molecular weight is 346 g/mol. The number of hydrogen-bond acceptors (Lipinski definition) is 3. The summed E-state index contributed by atoms with van der Waals surface area (Å²) in [6, 6.07) is 20.7. The summed E-state index contributed by atoms with van der Waals surface area (Å²) in [4.78, 5) is 7.40. The number of para-hydroxylation sites is 1. The van der Waals surface area contributed by atoms with E-state index in [1.807, 2.05) is 30.3 Å². The number of benzene rings is 2. The van der Waals surface area contributed by atoms with Crippen LogP contribution in [0.25, 0.3) is 10.9 Å². The van der Waals surface area contributed by atoms with E-state index >= 15 is 0 Å². The fourth-order valence-electron chi connectivity index (χ4n) is 3.99. The molecule has 4 rings (SSSR count). The van der Waals surface area contributed by atoms with Crippen LogP contribution >= 0.6 is 0 Å². The largest absolute Gasteiger partial charge is 0.487 e. The van der Waals surface area contributed by atoms with E-state index in [1.54, 1.807) is 0 Å². The molecule has 0 spiro atoms. The summed E-state index contributed by atoms with van der Waals surface area (Å²) >= 11 is 0. The van der Waals surface area contributed by atoms with Crippen molar-refractivity contribution in [2.24, 2.45) is 11.8 Å². The van der Waals surface area contributed by atoms with Crippen LogP contribution in [0.2, 0.25) is 0 Å².